The molecule has 0 heterocycles. The molecule has 0 spiro atoms. The van der Waals surface area contributed by atoms with E-state index in [1.807, 2.05) is 0 Å². The Bertz CT molecular complexity index is 864. The van der Waals surface area contributed by atoms with E-state index in [-0.39, 0.29) is 23.8 Å². The lowest BCUT2D eigenvalue weighted by Gasteiger charge is -2.22. The Balaban J connectivity index is 2.95. The molecule has 0 aliphatic carbocycles. The summed E-state index contributed by atoms with van der Waals surface area (Å²) in [5, 5.41) is 0. The summed E-state index contributed by atoms with van der Waals surface area (Å²) in [4.78, 5) is 1.76. The maximum absolute atomic E-state index is 9.08. The van der Waals surface area contributed by atoms with E-state index in [2.05, 4.69) is 0 Å². The number of nitrogens with zero attached hydrogens (tertiary/aromatic N) is 1. The highest BCUT2D eigenvalue weighted by Gasteiger charge is 2.16. The molecule has 0 saturated carbocycles. The summed E-state index contributed by atoms with van der Waals surface area (Å²) in [6.45, 7) is 1.64. The van der Waals surface area contributed by atoms with Crippen molar-refractivity contribution in [2.24, 2.45) is 0 Å². The van der Waals surface area contributed by atoms with Crippen molar-refractivity contribution in [2.75, 3.05) is 27.2 Å². The molecule has 2 aromatic carbocycles. The van der Waals surface area contributed by atoms with E-state index in [0.717, 1.165) is 0 Å². The molecule has 0 aliphatic rings. The van der Waals surface area contributed by atoms with Gasteiger partial charge in [-0.05, 0) is 37.7 Å². The Morgan fingerprint density at radius 1 is 1.10 bits per heavy atom. The van der Waals surface area contributed by atoms with Gasteiger partial charge in [0.15, 0.2) is 0 Å². The van der Waals surface area contributed by atoms with Crippen molar-refractivity contribution < 1.29 is 18.4 Å². The molecule has 2 nitrogen and oxygen atoms in total. The van der Waals surface area contributed by atoms with Gasteiger partial charge in [0.2, 0.25) is 0 Å². The van der Waals surface area contributed by atoms with Gasteiger partial charge in [-0.1, -0.05) is 54.4 Å². The Kier molecular flexibility index (Phi) is 2.32. The first-order valence-corrected chi connectivity index (χ1v) is 6.20. The van der Waals surface area contributed by atoms with Crippen LogP contribution in [0.3, 0.4) is 0 Å². The van der Waals surface area contributed by atoms with Crippen LogP contribution in [-0.4, -0.2) is 32.1 Å². The minimum Gasteiger partial charge on any atom is -0.367 e. The molecule has 0 aliphatic heterocycles. The molecular weight excluding hydrogens is 246 g/mol. The summed E-state index contributed by atoms with van der Waals surface area (Å²) in [6.07, 6.45) is -2.45. The summed E-state index contributed by atoms with van der Waals surface area (Å²) in [5.41, 5.74) is -0.779. The predicted molar refractivity (Wildman–Crippen MR) is 84.0 cm³/mol. The van der Waals surface area contributed by atoms with Gasteiger partial charge < -0.3 is 9.64 Å². The first-order chi connectivity index (χ1) is 13.8. The predicted octanol–water partition coefficient (Wildman–Crippen LogP) is 3.66. The van der Waals surface area contributed by atoms with Crippen LogP contribution >= 0.6 is 0 Å². The SMILES string of the molecule is [2H]c1c([2H])c([2H])c(C([2H])(OCCN(C)C)c2c([2H])c([2H])c([2H])c([2H])c2C)c([2H])c1[2H]. The molecule has 0 radical (unpaired) electrons. The lowest BCUT2D eigenvalue weighted by Crippen LogP contribution is -2.20. The van der Waals surface area contributed by atoms with Crippen molar-refractivity contribution in [3.8, 4) is 0 Å². The van der Waals surface area contributed by atoms with Gasteiger partial charge in [0.1, 0.15) is 6.08 Å². The number of hydrogen-bond donors (Lipinski definition) is 0. The molecule has 0 bridgehead atoms. The van der Waals surface area contributed by atoms with Gasteiger partial charge in [-0.15, -0.1) is 0 Å². The van der Waals surface area contributed by atoms with Gasteiger partial charge >= 0.3 is 0 Å². The molecule has 0 fully saturated rings. The Labute approximate surface area is 136 Å². The zero-order valence-electron chi connectivity index (χ0n) is 21.8. The summed E-state index contributed by atoms with van der Waals surface area (Å²) in [5.74, 6) is 0. The van der Waals surface area contributed by atoms with Crippen molar-refractivity contribution in [3.05, 3.63) is 71.1 Å². The van der Waals surface area contributed by atoms with Gasteiger partial charge in [-0.2, -0.15) is 0 Å². The first-order valence-electron chi connectivity index (χ1n) is 11.2. The van der Waals surface area contributed by atoms with Gasteiger partial charge in [0, 0.05) is 6.54 Å². The summed E-state index contributed by atoms with van der Waals surface area (Å²) < 4.78 is 87.3. The lowest BCUT2D eigenvalue weighted by atomic mass is 9.97. The first kappa shape index (κ1) is 6.42. The van der Waals surface area contributed by atoms with Crippen LogP contribution in [0.15, 0.2) is 54.4 Å². The highest BCUT2D eigenvalue weighted by atomic mass is 16.5. The maximum atomic E-state index is 9.08. The van der Waals surface area contributed by atoms with Gasteiger partial charge in [-0.25, -0.2) is 0 Å². The summed E-state index contributed by atoms with van der Waals surface area (Å²) >= 11 is 0. The number of rotatable bonds is 6. The van der Waals surface area contributed by atoms with Crippen LogP contribution in [0.4, 0.5) is 0 Å². The monoisotopic (exact) mass is 279 g/mol. The molecule has 20 heavy (non-hydrogen) atoms. The average Bonchev–Trinajstić information content (AvgIpc) is 2.67. The molecule has 0 aromatic heterocycles. The molecule has 0 saturated heterocycles. The molecule has 1 atom stereocenters. The van der Waals surface area contributed by atoms with Crippen LogP contribution in [0.2, 0.25) is 0 Å². The Hall–Kier alpha value is -1.64. The molecule has 2 rings (SSSR count). The average molecular weight is 279 g/mol. The normalized spacial score (nSPS) is 21.2. The summed E-state index contributed by atoms with van der Waals surface area (Å²) in [7, 11) is 3.53. The fourth-order valence-electron chi connectivity index (χ4n) is 1.57. The molecular formula is C18H23NO. The number of hydrogen-bond acceptors (Lipinski definition) is 2. The van der Waals surface area contributed by atoms with Gasteiger partial charge in [-0.3, -0.25) is 0 Å². The molecule has 1 unspecified atom stereocenters. The van der Waals surface area contributed by atoms with E-state index in [1.54, 1.807) is 19.0 Å². The Morgan fingerprint density at radius 2 is 1.75 bits per heavy atom. The highest BCUT2D eigenvalue weighted by Crippen LogP contribution is 2.28. The second kappa shape index (κ2) is 7.22. The van der Waals surface area contributed by atoms with E-state index in [4.69, 9.17) is 18.4 Å². The minimum atomic E-state index is -2.45. The van der Waals surface area contributed by atoms with E-state index in [0.29, 0.717) is 6.54 Å². The van der Waals surface area contributed by atoms with Crippen molar-refractivity contribution in [3.63, 3.8) is 0 Å². The smallest absolute Gasteiger partial charge is 0.108 e. The van der Waals surface area contributed by atoms with Crippen LogP contribution in [0.5, 0.6) is 0 Å². The fraction of sp³-hybridized carbons (Fsp3) is 0.333. The number of ether oxygens (including phenoxy) is 1. The van der Waals surface area contributed by atoms with Crippen molar-refractivity contribution in [2.45, 2.75) is 13.0 Å². The zero-order chi connectivity index (χ0) is 23.1. The fourth-order valence-corrected chi connectivity index (χ4v) is 1.57. The van der Waals surface area contributed by atoms with Crippen LogP contribution in [-0.2, 0) is 4.74 Å². The van der Waals surface area contributed by atoms with Crippen LogP contribution < -0.4 is 0 Å². The van der Waals surface area contributed by atoms with E-state index in [1.165, 1.54) is 6.92 Å². The summed E-state index contributed by atoms with van der Waals surface area (Å²) in [6, 6.07) is -5.28. The van der Waals surface area contributed by atoms with Crippen LogP contribution in [0.25, 0.3) is 0 Å². The molecule has 0 amide bonds. The number of benzene rings is 2. The van der Waals surface area contributed by atoms with E-state index < -0.39 is 60.0 Å². The third-order valence-electron chi connectivity index (χ3n) is 2.61. The minimum absolute atomic E-state index is 0.00710. The van der Waals surface area contributed by atoms with Crippen molar-refractivity contribution >= 4 is 0 Å². The largest absolute Gasteiger partial charge is 0.367 e. The molecule has 2 aromatic rings. The quantitative estimate of drug-likeness (QED) is 0.800. The second-order valence-corrected chi connectivity index (χ2v) is 4.48. The van der Waals surface area contributed by atoms with Crippen LogP contribution in [0, 0.1) is 6.92 Å². The molecule has 2 heteroatoms. The van der Waals surface area contributed by atoms with Gasteiger partial charge in [0.25, 0.3) is 0 Å². The third kappa shape index (κ3) is 3.92. The van der Waals surface area contributed by atoms with Crippen LogP contribution in [0.1, 0.15) is 36.5 Å². The van der Waals surface area contributed by atoms with E-state index >= 15 is 0 Å². The highest BCUT2D eigenvalue weighted by molar-refractivity contribution is 5.35. The topological polar surface area (TPSA) is 12.5 Å². The van der Waals surface area contributed by atoms with E-state index in [9.17, 15) is 0 Å². The lowest BCUT2D eigenvalue weighted by molar-refractivity contribution is 0.0683. The maximum Gasteiger partial charge on any atom is 0.108 e. The van der Waals surface area contributed by atoms with Crippen molar-refractivity contribution in [1.29, 1.82) is 0 Å². The molecule has 106 valence electrons. The van der Waals surface area contributed by atoms with Gasteiger partial charge in [0.05, 0.1) is 20.3 Å². The second-order valence-electron chi connectivity index (χ2n) is 4.48. The number of likely N-dealkylation sites (N-methyl/N-ethyl adjacent to an activating group) is 1. The third-order valence-corrected chi connectivity index (χ3v) is 2.61. The molecule has 0 N–H and O–H groups in total. The standard InChI is InChI=1S/C18H23NO/c1-15-9-7-8-12-17(15)18(20-14-13-19(2)3)16-10-5-4-6-11-16/h4-12,18H,13-14H2,1-3H3/i4D,5D,6D,7D,8D,9D,10D,11D,12D,18D. The Morgan fingerprint density at radius 3 is 2.45 bits per heavy atom. The van der Waals surface area contributed by atoms with Crippen molar-refractivity contribution in [1.82, 2.24) is 4.90 Å². The zero-order valence-corrected chi connectivity index (χ0v) is 11.8.